The lowest BCUT2D eigenvalue weighted by molar-refractivity contribution is 0.385. The summed E-state index contributed by atoms with van der Waals surface area (Å²) in [7, 11) is 0. The second-order valence-electron chi connectivity index (χ2n) is 5.55. The molecular weight excluding hydrogens is 264 g/mol. The normalized spacial score (nSPS) is 15.4. The fraction of sp³-hybridized carbons (Fsp3) is 0.500. The van der Waals surface area contributed by atoms with E-state index in [1.807, 2.05) is 0 Å². The second kappa shape index (κ2) is 6.72. The van der Waals surface area contributed by atoms with Gasteiger partial charge in [-0.15, -0.1) is 0 Å². The van der Waals surface area contributed by atoms with Crippen LogP contribution in [0.2, 0.25) is 0 Å². The first-order valence-corrected chi connectivity index (χ1v) is 7.65. The predicted octanol–water partition coefficient (Wildman–Crippen LogP) is 2.66. The first-order valence-electron chi connectivity index (χ1n) is 7.65. The van der Waals surface area contributed by atoms with Crippen molar-refractivity contribution in [3.05, 3.63) is 41.5 Å². The Labute approximate surface area is 125 Å². The van der Waals surface area contributed by atoms with E-state index < -0.39 is 0 Å². The minimum atomic E-state index is 0.609. The fourth-order valence-electron chi connectivity index (χ4n) is 2.71. The topological polar surface area (TPSA) is 54.2 Å². The lowest BCUT2D eigenvalue weighted by Gasteiger charge is -2.28. The van der Waals surface area contributed by atoms with E-state index in [-0.39, 0.29) is 0 Å². The summed E-state index contributed by atoms with van der Waals surface area (Å²) in [5.41, 5.74) is 2.61. The largest absolute Gasteiger partial charge is 0.372 e. The SMILES string of the molecule is Cc1nc(CNCc2ccc(N3CCCCC3)cc2)no1. The molecule has 1 aliphatic heterocycles. The van der Waals surface area contributed by atoms with Crippen LogP contribution in [0.15, 0.2) is 28.8 Å². The average Bonchev–Trinajstić information content (AvgIpc) is 2.94. The van der Waals surface area contributed by atoms with Crippen molar-refractivity contribution in [3.63, 3.8) is 0 Å². The van der Waals surface area contributed by atoms with E-state index in [9.17, 15) is 0 Å². The molecule has 0 atom stereocenters. The number of piperidine rings is 1. The van der Waals surface area contributed by atoms with Crippen molar-refractivity contribution in [2.45, 2.75) is 39.3 Å². The monoisotopic (exact) mass is 286 g/mol. The van der Waals surface area contributed by atoms with Gasteiger partial charge >= 0.3 is 0 Å². The molecule has 2 aromatic rings. The maximum Gasteiger partial charge on any atom is 0.223 e. The zero-order valence-electron chi connectivity index (χ0n) is 12.5. The van der Waals surface area contributed by atoms with Crippen LogP contribution >= 0.6 is 0 Å². The fourth-order valence-corrected chi connectivity index (χ4v) is 2.71. The molecule has 0 saturated carbocycles. The van der Waals surface area contributed by atoms with Gasteiger partial charge in [0.05, 0.1) is 6.54 Å². The van der Waals surface area contributed by atoms with Crippen molar-refractivity contribution >= 4 is 5.69 Å². The number of aryl methyl sites for hydroxylation is 1. The molecule has 2 heterocycles. The second-order valence-corrected chi connectivity index (χ2v) is 5.55. The quantitative estimate of drug-likeness (QED) is 0.915. The highest BCUT2D eigenvalue weighted by molar-refractivity contribution is 5.47. The van der Waals surface area contributed by atoms with Crippen molar-refractivity contribution in [2.75, 3.05) is 18.0 Å². The van der Waals surface area contributed by atoms with E-state index in [4.69, 9.17) is 4.52 Å². The highest BCUT2D eigenvalue weighted by Crippen LogP contribution is 2.20. The van der Waals surface area contributed by atoms with E-state index in [1.165, 1.54) is 43.6 Å². The number of nitrogens with zero attached hydrogens (tertiary/aromatic N) is 3. The van der Waals surface area contributed by atoms with Crippen molar-refractivity contribution in [2.24, 2.45) is 0 Å². The number of rotatable bonds is 5. The molecule has 1 saturated heterocycles. The number of benzene rings is 1. The van der Waals surface area contributed by atoms with E-state index in [0.29, 0.717) is 18.3 Å². The molecule has 0 unspecified atom stereocenters. The Bertz CT molecular complexity index is 558. The van der Waals surface area contributed by atoms with E-state index in [2.05, 4.69) is 44.6 Å². The Morgan fingerprint density at radius 1 is 1.10 bits per heavy atom. The van der Waals surface area contributed by atoms with Crippen molar-refractivity contribution in [3.8, 4) is 0 Å². The first kappa shape index (κ1) is 14.1. The molecule has 21 heavy (non-hydrogen) atoms. The Kier molecular flexibility index (Phi) is 4.50. The zero-order valence-corrected chi connectivity index (χ0v) is 12.5. The third kappa shape index (κ3) is 3.82. The molecule has 5 heteroatoms. The molecule has 3 rings (SSSR count). The third-order valence-electron chi connectivity index (χ3n) is 3.84. The Hall–Kier alpha value is -1.88. The molecule has 5 nitrogen and oxygen atoms in total. The lowest BCUT2D eigenvalue weighted by Crippen LogP contribution is -2.29. The van der Waals surface area contributed by atoms with Crippen LogP contribution in [-0.4, -0.2) is 23.2 Å². The lowest BCUT2D eigenvalue weighted by atomic mass is 10.1. The molecule has 0 spiro atoms. The summed E-state index contributed by atoms with van der Waals surface area (Å²) in [6.07, 6.45) is 3.99. The van der Waals surface area contributed by atoms with Gasteiger partial charge in [-0.05, 0) is 37.0 Å². The van der Waals surface area contributed by atoms with Crippen molar-refractivity contribution < 1.29 is 4.52 Å². The minimum absolute atomic E-state index is 0.609. The Morgan fingerprint density at radius 3 is 2.52 bits per heavy atom. The number of nitrogens with one attached hydrogen (secondary N) is 1. The summed E-state index contributed by atoms with van der Waals surface area (Å²) in [5, 5.41) is 7.20. The molecule has 0 radical (unpaired) electrons. The highest BCUT2D eigenvalue weighted by Gasteiger charge is 2.10. The minimum Gasteiger partial charge on any atom is -0.372 e. The van der Waals surface area contributed by atoms with Gasteiger partial charge in [-0.3, -0.25) is 0 Å². The number of hydrogen-bond acceptors (Lipinski definition) is 5. The molecule has 1 aromatic heterocycles. The maximum atomic E-state index is 4.94. The van der Waals surface area contributed by atoms with Crippen LogP contribution in [0.1, 0.15) is 36.5 Å². The standard InChI is InChI=1S/C16H22N4O/c1-13-18-16(19-21-13)12-17-11-14-5-7-15(8-6-14)20-9-3-2-4-10-20/h5-8,17H,2-4,9-12H2,1H3. The maximum absolute atomic E-state index is 4.94. The Balaban J connectivity index is 1.49. The van der Waals surface area contributed by atoms with Crippen LogP contribution in [0.5, 0.6) is 0 Å². The molecule has 1 aromatic carbocycles. The summed E-state index contributed by atoms with van der Waals surface area (Å²) < 4.78 is 4.94. The van der Waals surface area contributed by atoms with Crippen LogP contribution in [0.3, 0.4) is 0 Å². The van der Waals surface area contributed by atoms with E-state index >= 15 is 0 Å². The van der Waals surface area contributed by atoms with E-state index in [1.54, 1.807) is 6.92 Å². The van der Waals surface area contributed by atoms with Gasteiger partial charge in [0.1, 0.15) is 0 Å². The zero-order chi connectivity index (χ0) is 14.5. The Morgan fingerprint density at radius 2 is 1.86 bits per heavy atom. The number of aromatic nitrogens is 2. The van der Waals surface area contributed by atoms with Crippen molar-refractivity contribution in [1.29, 1.82) is 0 Å². The summed E-state index contributed by atoms with van der Waals surface area (Å²) >= 11 is 0. The van der Waals surface area contributed by atoms with Gasteiger partial charge in [-0.25, -0.2) is 0 Å². The molecule has 1 N–H and O–H groups in total. The molecule has 1 aliphatic rings. The molecular formula is C16H22N4O. The van der Waals surface area contributed by atoms with Crippen LogP contribution in [0.25, 0.3) is 0 Å². The molecule has 0 bridgehead atoms. The van der Waals surface area contributed by atoms with Gasteiger partial charge in [0.15, 0.2) is 5.82 Å². The molecule has 0 aliphatic carbocycles. The molecule has 0 amide bonds. The van der Waals surface area contributed by atoms with Crippen molar-refractivity contribution in [1.82, 2.24) is 15.5 Å². The van der Waals surface area contributed by atoms with Crippen LogP contribution in [-0.2, 0) is 13.1 Å². The van der Waals surface area contributed by atoms with Gasteiger partial charge in [-0.1, -0.05) is 17.3 Å². The third-order valence-corrected chi connectivity index (χ3v) is 3.84. The smallest absolute Gasteiger partial charge is 0.223 e. The molecule has 112 valence electrons. The highest BCUT2D eigenvalue weighted by atomic mass is 16.5. The van der Waals surface area contributed by atoms with Gasteiger partial charge < -0.3 is 14.7 Å². The summed E-state index contributed by atoms with van der Waals surface area (Å²) in [5.74, 6) is 1.31. The first-order chi connectivity index (χ1) is 10.3. The average molecular weight is 286 g/mol. The summed E-state index contributed by atoms with van der Waals surface area (Å²) in [4.78, 5) is 6.65. The van der Waals surface area contributed by atoms with Crippen LogP contribution in [0, 0.1) is 6.92 Å². The van der Waals surface area contributed by atoms with Crippen LogP contribution < -0.4 is 10.2 Å². The van der Waals surface area contributed by atoms with Gasteiger partial charge in [-0.2, -0.15) is 4.98 Å². The van der Waals surface area contributed by atoms with Gasteiger partial charge in [0.25, 0.3) is 0 Å². The van der Waals surface area contributed by atoms with Gasteiger partial charge in [0, 0.05) is 32.2 Å². The summed E-state index contributed by atoms with van der Waals surface area (Å²) in [6, 6.07) is 8.83. The number of anilines is 1. The summed E-state index contributed by atoms with van der Waals surface area (Å²) in [6.45, 7) is 5.62. The number of hydrogen-bond donors (Lipinski definition) is 1. The van der Waals surface area contributed by atoms with Crippen LogP contribution in [0.4, 0.5) is 5.69 Å². The van der Waals surface area contributed by atoms with Gasteiger partial charge in [0.2, 0.25) is 5.89 Å². The predicted molar refractivity (Wildman–Crippen MR) is 82.1 cm³/mol. The molecule has 1 fully saturated rings. The van der Waals surface area contributed by atoms with E-state index in [0.717, 1.165) is 6.54 Å².